The fraction of sp³-hybridized carbons (Fsp3) is 0.500. The lowest BCUT2D eigenvalue weighted by Crippen LogP contribution is -2.33. The lowest BCUT2D eigenvalue weighted by Gasteiger charge is -2.33. The molecule has 3 heterocycles. The molecule has 1 aliphatic heterocycles. The molecule has 142 valence electrons. The number of nitrogens with one attached hydrogen (secondary N) is 1. The topological polar surface area (TPSA) is 71.0 Å². The summed E-state index contributed by atoms with van der Waals surface area (Å²) in [5, 5.41) is 3.45. The smallest absolute Gasteiger partial charge is 0.223 e. The molecule has 1 unspecified atom stereocenters. The fourth-order valence-electron chi connectivity index (χ4n) is 4.00. The average molecular weight is 384 g/mol. The molecule has 1 N–H and O–H groups in total. The number of amides is 1. The number of fused-ring (bicyclic) bond motifs is 1. The van der Waals surface area contributed by atoms with Crippen LogP contribution in [0.25, 0.3) is 6.08 Å². The van der Waals surface area contributed by atoms with Gasteiger partial charge in [0.05, 0.1) is 11.4 Å². The third-order valence-electron chi connectivity index (χ3n) is 5.35. The van der Waals surface area contributed by atoms with Crippen molar-refractivity contribution in [1.29, 1.82) is 0 Å². The number of anilines is 1. The Kier molecular flexibility index (Phi) is 5.59. The Hall–Kier alpha value is -2.12. The van der Waals surface area contributed by atoms with Crippen molar-refractivity contribution in [2.24, 2.45) is 11.8 Å². The van der Waals surface area contributed by atoms with Crippen LogP contribution in [0.5, 0.6) is 0 Å². The monoisotopic (exact) mass is 383 g/mol. The van der Waals surface area contributed by atoms with Crippen LogP contribution in [-0.2, 0) is 17.8 Å². The van der Waals surface area contributed by atoms with Gasteiger partial charge < -0.3 is 5.32 Å². The molecule has 2 aromatic heterocycles. The van der Waals surface area contributed by atoms with Crippen molar-refractivity contribution in [2.45, 2.75) is 39.2 Å². The van der Waals surface area contributed by atoms with Crippen LogP contribution >= 0.6 is 11.3 Å². The Morgan fingerprint density at radius 2 is 2.07 bits per heavy atom. The average Bonchev–Trinajstić information content (AvgIpc) is 3.09. The molecule has 7 heteroatoms. The van der Waals surface area contributed by atoms with E-state index in [1.54, 1.807) is 23.7 Å². The van der Waals surface area contributed by atoms with Crippen molar-refractivity contribution >= 4 is 28.5 Å². The predicted octanol–water partition coefficient (Wildman–Crippen LogP) is 3.38. The minimum atomic E-state index is -0.0675. The Bertz CT molecular complexity index is 825. The Morgan fingerprint density at radius 1 is 1.26 bits per heavy atom. The number of carbonyl (C=O) groups is 1. The van der Waals surface area contributed by atoms with Gasteiger partial charge in [0.1, 0.15) is 0 Å². The second-order valence-electron chi connectivity index (χ2n) is 7.48. The molecule has 0 aromatic carbocycles. The lowest BCUT2D eigenvalue weighted by molar-refractivity contribution is -0.114. The zero-order chi connectivity index (χ0) is 18.6. The van der Waals surface area contributed by atoms with E-state index in [9.17, 15) is 4.79 Å². The first-order valence-electron chi connectivity index (χ1n) is 9.58. The van der Waals surface area contributed by atoms with E-state index in [-0.39, 0.29) is 5.91 Å². The minimum absolute atomic E-state index is 0.0675. The van der Waals surface area contributed by atoms with E-state index < -0.39 is 0 Å². The fourth-order valence-corrected chi connectivity index (χ4v) is 4.90. The van der Waals surface area contributed by atoms with Crippen LogP contribution in [0.3, 0.4) is 0 Å². The van der Waals surface area contributed by atoms with Crippen molar-refractivity contribution in [1.82, 2.24) is 19.9 Å². The SMILES string of the molecule is CC(=O)Nc1ncc(CN2CCC(CC3C=Cc4nccnc4C3)CC2)s1. The number of hydrogen-bond acceptors (Lipinski definition) is 6. The van der Waals surface area contributed by atoms with Gasteiger partial charge in [-0.25, -0.2) is 4.98 Å². The van der Waals surface area contributed by atoms with Crippen molar-refractivity contribution in [2.75, 3.05) is 18.4 Å². The molecular formula is C20H25N5OS. The molecule has 1 amide bonds. The van der Waals surface area contributed by atoms with Crippen molar-refractivity contribution in [3.05, 3.63) is 40.9 Å². The molecule has 6 nitrogen and oxygen atoms in total. The van der Waals surface area contributed by atoms with Gasteiger partial charge in [-0.1, -0.05) is 6.08 Å². The number of likely N-dealkylation sites (tertiary alicyclic amines) is 1. The summed E-state index contributed by atoms with van der Waals surface area (Å²) in [7, 11) is 0. The summed E-state index contributed by atoms with van der Waals surface area (Å²) in [6.45, 7) is 4.70. The number of aromatic nitrogens is 3. The Morgan fingerprint density at radius 3 is 2.89 bits per heavy atom. The van der Waals surface area contributed by atoms with Crippen LogP contribution in [0.2, 0.25) is 0 Å². The largest absolute Gasteiger partial charge is 0.302 e. The highest BCUT2D eigenvalue weighted by molar-refractivity contribution is 7.15. The Balaban J connectivity index is 1.24. The van der Waals surface area contributed by atoms with Crippen molar-refractivity contribution in [3.8, 4) is 0 Å². The van der Waals surface area contributed by atoms with Crippen LogP contribution in [0.1, 0.15) is 42.5 Å². The lowest BCUT2D eigenvalue weighted by atomic mass is 9.83. The summed E-state index contributed by atoms with van der Waals surface area (Å²) < 4.78 is 0. The van der Waals surface area contributed by atoms with Gasteiger partial charge in [-0.3, -0.25) is 19.7 Å². The second kappa shape index (κ2) is 8.27. The molecule has 1 fully saturated rings. The standard InChI is InChI=1S/C20H25N5OS/c1-14(26)24-20-23-12-17(27-20)13-25-8-4-15(5-9-25)10-16-2-3-18-19(11-16)22-7-6-21-18/h2-3,6-7,12,15-16H,4-5,8-11,13H2,1H3,(H,23,24,26). The van der Waals surface area contributed by atoms with Gasteiger partial charge in [0.2, 0.25) is 5.91 Å². The molecule has 0 radical (unpaired) electrons. The van der Waals surface area contributed by atoms with E-state index in [0.717, 1.165) is 43.4 Å². The zero-order valence-electron chi connectivity index (χ0n) is 15.6. The van der Waals surface area contributed by atoms with Gasteiger partial charge >= 0.3 is 0 Å². The molecule has 1 aliphatic carbocycles. The molecule has 1 atom stereocenters. The third-order valence-corrected chi connectivity index (χ3v) is 6.24. The number of hydrogen-bond donors (Lipinski definition) is 1. The van der Waals surface area contributed by atoms with Crippen LogP contribution in [0.4, 0.5) is 5.13 Å². The molecule has 0 spiro atoms. The Labute approximate surface area is 163 Å². The molecule has 2 aliphatic rings. The quantitative estimate of drug-likeness (QED) is 0.857. The number of rotatable bonds is 5. The number of piperidine rings is 1. The number of carbonyl (C=O) groups excluding carboxylic acids is 1. The molecule has 0 saturated carbocycles. The first-order valence-corrected chi connectivity index (χ1v) is 10.4. The molecule has 0 bridgehead atoms. The van der Waals surface area contributed by atoms with Gasteiger partial charge in [0.25, 0.3) is 0 Å². The molecular weight excluding hydrogens is 358 g/mol. The van der Waals surface area contributed by atoms with Crippen LogP contribution in [-0.4, -0.2) is 38.8 Å². The summed E-state index contributed by atoms with van der Waals surface area (Å²) in [6.07, 6.45) is 14.7. The van der Waals surface area contributed by atoms with E-state index in [4.69, 9.17) is 0 Å². The van der Waals surface area contributed by atoms with Crippen molar-refractivity contribution in [3.63, 3.8) is 0 Å². The van der Waals surface area contributed by atoms with E-state index >= 15 is 0 Å². The van der Waals surface area contributed by atoms with Gasteiger partial charge in [0, 0.05) is 36.9 Å². The van der Waals surface area contributed by atoms with Gasteiger partial charge in [0.15, 0.2) is 5.13 Å². The van der Waals surface area contributed by atoms with Crippen LogP contribution < -0.4 is 5.32 Å². The van der Waals surface area contributed by atoms with Gasteiger partial charge in [-0.05, 0) is 56.7 Å². The van der Waals surface area contributed by atoms with E-state index in [2.05, 4.69) is 37.3 Å². The number of nitrogens with zero attached hydrogens (tertiary/aromatic N) is 4. The highest BCUT2D eigenvalue weighted by Crippen LogP contribution is 2.30. The van der Waals surface area contributed by atoms with Gasteiger partial charge in [-0.2, -0.15) is 0 Å². The summed E-state index contributed by atoms with van der Waals surface area (Å²) in [5.41, 5.74) is 2.18. The highest BCUT2D eigenvalue weighted by Gasteiger charge is 2.24. The number of thiazole rings is 1. The third kappa shape index (κ3) is 4.78. The molecule has 4 rings (SSSR count). The summed E-state index contributed by atoms with van der Waals surface area (Å²) >= 11 is 1.57. The maximum Gasteiger partial charge on any atom is 0.223 e. The number of allylic oxidation sites excluding steroid dienone is 1. The maximum atomic E-state index is 11.1. The van der Waals surface area contributed by atoms with Crippen molar-refractivity contribution < 1.29 is 4.79 Å². The van der Waals surface area contributed by atoms with E-state index in [0.29, 0.717) is 11.0 Å². The first-order chi connectivity index (χ1) is 13.2. The normalized spacial score (nSPS) is 20.4. The maximum absolute atomic E-state index is 11.1. The first kappa shape index (κ1) is 18.3. The van der Waals surface area contributed by atoms with E-state index in [1.807, 2.05) is 6.20 Å². The second-order valence-corrected chi connectivity index (χ2v) is 8.59. The summed E-state index contributed by atoms with van der Waals surface area (Å²) in [6, 6.07) is 0. The molecule has 1 saturated heterocycles. The van der Waals surface area contributed by atoms with Crippen LogP contribution in [0, 0.1) is 11.8 Å². The minimum Gasteiger partial charge on any atom is -0.302 e. The summed E-state index contributed by atoms with van der Waals surface area (Å²) in [5.74, 6) is 1.31. The molecule has 2 aromatic rings. The zero-order valence-corrected chi connectivity index (χ0v) is 16.4. The highest BCUT2D eigenvalue weighted by atomic mass is 32.1. The molecule has 27 heavy (non-hydrogen) atoms. The van der Waals surface area contributed by atoms with Gasteiger partial charge in [-0.15, -0.1) is 11.3 Å². The summed E-state index contributed by atoms with van der Waals surface area (Å²) in [4.78, 5) is 28.0. The van der Waals surface area contributed by atoms with E-state index in [1.165, 1.54) is 31.1 Å². The predicted molar refractivity (Wildman–Crippen MR) is 107 cm³/mol. The van der Waals surface area contributed by atoms with Crippen LogP contribution in [0.15, 0.2) is 24.7 Å².